The van der Waals surface area contributed by atoms with Gasteiger partial charge in [-0.2, -0.15) is 0 Å². The summed E-state index contributed by atoms with van der Waals surface area (Å²) in [6.45, 7) is 0.694. The second-order valence-electron chi connectivity index (χ2n) is 5.89. The summed E-state index contributed by atoms with van der Waals surface area (Å²) in [6, 6.07) is 9.06. The van der Waals surface area contributed by atoms with E-state index in [1.54, 1.807) is 23.6 Å². The minimum Gasteiger partial charge on any atom is -0.361 e. The summed E-state index contributed by atoms with van der Waals surface area (Å²) in [4.78, 5) is 24.0. The van der Waals surface area contributed by atoms with Crippen molar-refractivity contribution in [3.63, 3.8) is 0 Å². The first-order chi connectivity index (χ1) is 13.6. The maximum absolute atomic E-state index is 11.2. The molecule has 0 amide bonds. The lowest BCUT2D eigenvalue weighted by Gasteiger charge is -2.00. The number of halogens is 1. The topological polar surface area (TPSA) is 93.8 Å². The Morgan fingerprint density at radius 2 is 2.07 bits per heavy atom. The summed E-state index contributed by atoms with van der Waals surface area (Å²) < 4.78 is 0.735. The molecule has 0 aliphatic carbocycles. The van der Waals surface area contributed by atoms with E-state index in [1.165, 1.54) is 17.4 Å². The summed E-state index contributed by atoms with van der Waals surface area (Å²) in [7, 11) is 0. The summed E-state index contributed by atoms with van der Waals surface area (Å²) in [5.74, 6) is 0. The van der Waals surface area contributed by atoms with Crippen molar-refractivity contribution >= 4 is 55.3 Å². The Balaban J connectivity index is 1.36. The van der Waals surface area contributed by atoms with Crippen LogP contribution in [-0.4, -0.2) is 26.4 Å². The molecule has 142 valence electrons. The molecule has 0 atom stereocenters. The van der Waals surface area contributed by atoms with Crippen LogP contribution in [0, 0.1) is 10.1 Å². The second kappa shape index (κ2) is 8.17. The lowest BCUT2D eigenvalue weighted by molar-refractivity contribution is -0.383. The van der Waals surface area contributed by atoms with E-state index >= 15 is 0 Å². The Morgan fingerprint density at radius 1 is 1.18 bits per heavy atom. The Labute approximate surface area is 173 Å². The lowest BCUT2D eigenvalue weighted by atomic mass is 10.3. The maximum Gasteiger partial charge on any atom is 0.314 e. The average Bonchev–Trinajstić information content (AvgIpc) is 3.32. The van der Waals surface area contributed by atoms with Crippen molar-refractivity contribution in [3.05, 3.63) is 62.1 Å². The number of nitro groups is 1. The number of aryl methyl sites for hydroxylation is 1. The highest BCUT2D eigenvalue weighted by atomic mass is 35.5. The first-order valence-corrected chi connectivity index (χ1v) is 10.5. The van der Waals surface area contributed by atoms with Gasteiger partial charge in [0.2, 0.25) is 0 Å². The molecule has 0 aliphatic heterocycles. The minimum absolute atomic E-state index is 0.0989. The van der Waals surface area contributed by atoms with Crippen LogP contribution < -0.4 is 5.32 Å². The lowest BCUT2D eigenvalue weighted by Crippen LogP contribution is -2.02. The van der Waals surface area contributed by atoms with Gasteiger partial charge in [0.05, 0.1) is 26.0 Å². The number of hydrogen-bond acceptors (Lipinski definition) is 8. The van der Waals surface area contributed by atoms with Gasteiger partial charge in [0.25, 0.3) is 0 Å². The van der Waals surface area contributed by atoms with Gasteiger partial charge in [0, 0.05) is 24.5 Å². The van der Waals surface area contributed by atoms with Gasteiger partial charge >= 0.3 is 5.69 Å². The fourth-order valence-corrected chi connectivity index (χ4v) is 4.65. The van der Waals surface area contributed by atoms with Gasteiger partial charge in [-0.1, -0.05) is 29.0 Å². The van der Waals surface area contributed by atoms with Crippen molar-refractivity contribution in [2.45, 2.75) is 12.8 Å². The number of hydrogen-bond donors (Lipinski definition) is 1. The van der Waals surface area contributed by atoms with Crippen LogP contribution in [-0.2, 0) is 6.42 Å². The van der Waals surface area contributed by atoms with E-state index in [9.17, 15) is 10.1 Å². The highest BCUT2D eigenvalue weighted by molar-refractivity contribution is 7.22. The summed E-state index contributed by atoms with van der Waals surface area (Å²) in [6.07, 6.45) is 3.46. The minimum atomic E-state index is -0.490. The molecule has 3 heterocycles. The van der Waals surface area contributed by atoms with Gasteiger partial charge in [-0.3, -0.25) is 15.1 Å². The van der Waals surface area contributed by atoms with Crippen molar-refractivity contribution < 1.29 is 4.92 Å². The van der Waals surface area contributed by atoms with E-state index in [0.717, 1.165) is 33.9 Å². The van der Waals surface area contributed by atoms with Crippen molar-refractivity contribution in [2.75, 3.05) is 11.9 Å². The molecule has 0 saturated carbocycles. The zero-order valence-corrected chi connectivity index (χ0v) is 16.9. The normalized spacial score (nSPS) is 11.0. The third-order valence-corrected chi connectivity index (χ3v) is 6.18. The third kappa shape index (κ3) is 3.96. The molecule has 7 nitrogen and oxygen atoms in total. The fourth-order valence-electron chi connectivity index (χ4n) is 2.70. The summed E-state index contributed by atoms with van der Waals surface area (Å²) in [5.41, 5.74) is 1.94. The molecular formula is C18H14ClN5O2S2. The van der Waals surface area contributed by atoms with Gasteiger partial charge in [-0.05, 0) is 30.7 Å². The number of nitrogens with zero attached hydrogens (tertiary/aromatic N) is 4. The van der Waals surface area contributed by atoms with E-state index in [-0.39, 0.29) is 10.7 Å². The maximum atomic E-state index is 11.2. The van der Waals surface area contributed by atoms with E-state index in [4.69, 9.17) is 11.6 Å². The Kier molecular flexibility index (Phi) is 5.47. The molecule has 3 aromatic heterocycles. The summed E-state index contributed by atoms with van der Waals surface area (Å²) >= 11 is 8.94. The quantitative estimate of drug-likeness (QED) is 0.238. The van der Waals surface area contributed by atoms with Gasteiger partial charge in [0.15, 0.2) is 10.6 Å². The molecule has 10 heteroatoms. The van der Waals surface area contributed by atoms with Gasteiger partial charge < -0.3 is 5.32 Å². The number of nitro benzene ring substituents is 1. The first kappa shape index (κ1) is 18.7. The van der Waals surface area contributed by atoms with E-state index in [0.29, 0.717) is 17.2 Å². The number of aromatic nitrogens is 3. The van der Waals surface area contributed by atoms with Crippen molar-refractivity contribution in [2.24, 2.45) is 0 Å². The van der Waals surface area contributed by atoms with E-state index in [1.807, 2.05) is 23.6 Å². The number of nitrogens with one attached hydrogen (secondary N) is 1. The summed E-state index contributed by atoms with van der Waals surface area (Å²) in [5, 5.41) is 18.3. The number of anilines is 1. The standard InChI is InChI=1S/C18H14ClN5O2S2/c19-11-6-7-14-16(17(11)24(25)26)23-18(28-14)21-9-3-5-15-22-13(10-27-15)12-4-1-2-8-20-12/h1-2,4,6-8,10H,3,5,9H2,(H,21,23). The third-order valence-electron chi connectivity index (χ3n) is 3.99. The molecule has 0 bridgehead atoms. The molecule has 0 unspecified atom stereocenters. The molecule has 28 heavy (non-hydrogen) atoms. The largest absolute Gasteiger partial charge is 0.361 e. The van der Waals surface area contributed by atoms with Crippen LogP contribution in [0.2, 0.25) is 5.02 Å². The van der Waals surface area contributed by atoms with Crippen molar-refractivity contribution in [1.29, 1.82) is 0 Å². The molecule has 0 aliphatic rings. The Morgan fingerprint density at radius 3 is 2.86 bits per heavy atom. The highest BCUT2D eigenvalue weighted by Gasteiger charge is 2.20. The smallest absolute Gasteiger partial charge is 0.314 e. The van der Waals surface area contributed by atoms with E-state index < -0.39 is 4.92 Å². The van der Waals surface area contributed by atoms with Crippen LogP contribution in [0.25, 0.3) is 21.6 Å². The molecule has 0 saturated heterocycles. The van der Waals surface area contributed by atoms with Crippen LogP contribution >= 0.6 is 34.3 Å². The van der Waals surface area contributed by atoms with Gasteiger partial charge in [-0.15, -0.1) is 11.3 Å². The SMILES string of the molecule is O=[N+]([O-])c1c(Cl)ccc2sc(NCCCc3nc(-c4ccccn4)cs3)nc12. The van der Waals surface area contributed by atoms with Crippen molar-refractivity contribution in [1.82, 2.24) is 15.0 Å². The van der Waals surface area contributed by atoms with E-state index in [2.05, 4.69) is 20.3 Å². The number of pyridine rings is 1. The Bertz CT molecular complexity index is 1130. The van der Waals surface area contributed by atoms with Gasteiger partial charge in [0.1, 0.15) is 5.02 Å². The molecule has 0 spiro atoms. The highest BCUT2D eigenvalue weighted by Crippen LogP contribution is 2.37. The van der Waals surface area contributed by atoms with Gasteiger partial charge in [-0.25, -0.2) is 9.97 Å². The molecule has 0 fully saturated rings. The molecular weight excluding hydrogens is 418 g/mol. The Hall–Kier alpha value is -2.62. The predicted molar refractivity (Wildman–Crippen MR) is 113 cm³/mol. The van der Waals surface area contributed by atoms with Crippen LogP contribution in [0.4, 0.5) is 10.8 Å². The molecule has 1 aromatic carbocycles. The van der Waals surface area contributed by atoms with Crippen molar-refractivity contribution in [3.8, 4) is 11.4 Å². The zero-order valence-electron chi connectivity index (χ0n) is 14.5. The molecule has 4 aromatic rings. The monoisotopic (exact) mass is 431 g/mol. The number of thiazole rings is 2. The predicted octanol–water partition coefficient (Wildman–Crippen LogP) is 5.42. The average molecular weight is 432 g/mol. The second-order valence-corrected chi connectivity index (χ2v) is 8.27. The van der Waals surface area contributed by atoms with Crippen LogP contribution in [0.3, 0.4) is 0 Å². The van der Waals surface area contributed by atoms with Crippen LogP contribution in [0.5, 0.6) is 0 Å². The fraction of sp³-hybridized carbons (Fsp3) is 0.167. The van der Waals surface area contributed by atoms with Crippen LogP contribution in [0.1, 0.15) is 11.4 Å². The molecule has 0 radical (unpaired) electrons. The number of rotatable bonds is 7. The number of fused-ring (bicyclic) bond motifs is 1. The zero-order chi connectivity index (χ0) is 19.5. The first-order valence-electron chi connectivity index (χ1n) is 8.45. The van der Waals surface area contributed by atoms with Crippen LogP contribution in [0.15, 0.2) is 41.9 Å². The molecule has 1 N–H and O–H groups in total. The molecule has 4 rings (SSSR count). The number of benzene rings is 1.